The third kappa shape index (κ3) is 4.30. The maximum atomic E-state index is 11.6. The Morgan fingerprint density at radius 1 is 1.47 bits per heavy atom. The standard InChI is InChI=1S/C13H19NO2S/c1-3-4-5-13(15)14-11-6-7-12(16-2)10(8-11)9-17/h6-8,17H,3-5,9H2,1-2H3,(H,14,15). The Morgan fingerprint density at radius 2 is 2.24 bits per heavy atom. The number of amides is 1. The van der Waals surface area contributed by atoms with E-state index in [4.69, 9.17) is 4.74 Å². The van der Waals surface area contributed by atoms with Gasteiger partial charge in [-0.25, -0.2) is 0 Å². The van der Waals surface area contributed by atoms with E-state index in [2.05, 4.69) is 24.9 Å². The lowest BCUT2D eigenvalue weighted by Crippen LogP contribution is -2.11. The maximum absolute atomic E-state index is 11.6. The van der Waals surface area contributed by atoms with Gasteiger partial charge in [0, 0.05) is 23.4 Å². The summed E-state index contributed by atoms with van der Waals surface area (Å²) in [4.78, 5) is 11.6. The average molecular weight is 253 g/mol. The van der Waals surface area contributed by atoms with Crippen LogP contribution in [0.4, 0.5) is 5.69 Å². The molecule has 0 fully saturated rings. The number of methoxy groups -OCH3 is 1. The second-order valence-electron chi connectivity index (χ2n) is 3.84. The van der Waals surface area contributed by atoms with Gasteiger partial charge in [0.15, 0.2) is 0 Å². The van der Waals surface area contributed by atoms with Crippen molar-refractivity contribution in [3.8, 4) is 5.75 Å². The lowest BCUT2D eigenvalue weighted by molar-refractivity contribution is -0.116. The van der Waals surface area contributed by atoms with Crippen LogP contribution in [-0.2, 0) is 10.5 Å². The van der Waals surface area contributed by atoms with Crippen LogP contribution in [-0.4, -0.2) is 13.0 Å². The number of hydrogen-bond acceptors (Lipinski definition) is 3. The Hall–Kier alpha value is -1.16. The molecule has 0 radical (unpaired) electrons. The largest absolute Gasteiger partial charge is 0.496 e. The van der Waals surface area contributed by atoms with E-state index >= 15 is 0 Å². The van der Waals surface area contributed by atoms with E-state index in [1.165, 1.54) is 0 Å². The molecular weight excluding hydrogens is 234 g/mol. The molecular formula is C13H19NO2S. The number of carbonyl (C=O) groups is 1. The van der Waals surface area contributed by atoms with Gasteiger partial charge in [-0.3, -0.25) is 4.79 Å². The molecule has 0 aliphatic heterocycles. The van der Waals surface area contributed by atoms with Crippen LogP contribution >= 0.6 is 12.6 Å². The van der Waals surface area contributed by atoms with Crippen LogP contribution in [0.25, 0.3) is 0 Å². The van der Waals surface area contributed by atoms with E-state index in [0.29, 0.717) is 12.2 Å². The Bertz CT molecular complexity index is 380. The number of hydrogen-bond donors (Lipinski definition) is 2. The first-order valence-electron chi connectivity index (χ1n) is 5.78. The highest BCUT2D eigenvalue weighted by Gasteiger charge is 2.05. The fourth-order valence-electron chi connectivity index (χ4n) is 1.54. The minimum absolute atomic E-state index is 0.0575. The van der Waals surface area contributed by atoms with Crippen molar-refractivity contribution in [2.24, 2.45) is 0 Å². The van der Waals surface area contributed by atoms with Crippen molar-refractivity contribution < 1.29 is 9.53 Å². The van der Waals surface area contributed by atoms with Crippen molar-refractivity contribution in [2.45, 2.75) is 31.9 Å². The minimum Gasteiger partial charge on any atom is -0.496 e. The summed E-state index contributed by atoms with van der Waals surface area (Å²) in [7, 11) is 1.63. The highest BCUT2D eigenvalue weighted by Crippen LogP contribution is 2.24. The maximum Gasteiger partial charge on any atom is 0.224 e. The fourth-order valence-corrected chi connectivity index (χ4v) is 1.79. The number of unbranched alkanes of at least 4 members (excludes halogenated alkanes) is 1. The van der Waals surface area contributed by atoms with Crippen LogP contribution in [0.15, 0.2) is 18.2 Å². The Kier molecular flexibility index (Phi) is 5.91. The minimum atomic E-state index is 0.0575. The molecule has 0 unspecified atom stereocenters. The molecule has 0 heterocycles. The SMILES string of the molecule is CCCCC(=O)Nc1ccc(OC)c(CS)c1. The summed E-state index contributed by atoms with van der Waals surface area (Å²) in [5, 5.41) is 2.87. The number of carbonyl (C=O) groups excluding carboxylic acids is 1. The highest BCUT2D eigenvalue weighted by atomic mass is 32.1. The van der Waals surface area contributed by atoms with Gasteiger partial charge in [-0.2, -0.15) is 12.6 Å². The summed E-state index contributed by atoms with van der Waals surface area (Å²) in [6, 6.07) is 5.59. The zero-order valence-electron chi connectivity index (χ0n) is 10.3. The quantitative estimate of drug-likeness (QED) is 0.764. The molecule has 17 heavy (non-hydrogen) atoms. The van der Waals surface area contributed by atoms with Crippen molar-refractivity contribution in [1.82, 2.24) is 0 Å². The molecule has 0 aliphatic carbocycles. The summed E-state index contributed by atoms with van der Waals surface area (Å²) in [5.74, 6) is 1.44. The van der Waals surface area contributed by atoms with Gasteiger partial charge in [0.05, 0.1) is 7.11 Å². The molecule has 1 rings (SSSR count). The Morgan fingerprint density at radius 3 is 2.82 bits per heavy atom. The molecule has 0 saturated heterocycles. The first-order chi connectivity index (χ1) is 8.21. The molecule has 4 heteroatoms. The lowest BCUT2D eigenvalue weighted by Gasteiger charge is -2.10. The first-order valence-corrected chi connectivity index (χ1v) is 6.42. The third-order valence-electron chi connectivity index (χ3n) is 2.49. The van der Waals surface area contributed by atoms with Crippen molar-refractivity contribution >= 4 is 24.2 Å². The molecule has 0 spiro atoms. The first kappa shape index (κ1) is 13.9. The number of benzene rings is 1. The summed E-state index contributed by atoms with van der Waals surface area (Å²) >= 11 is 4.24. The van der Waals surface area contributed by atoms with Crippen LogP contribution in [0, 0.1) is 0 Å². The number of ether oxygens (including phenoxy) is 1. The van der Waals surface area contributed by atoms with Gasteiger partial charge in [0.2, 0.25) is 5.91 Å². The van der Waals surface area contributed by atoms with Gasteiger partial charge in [-0.05, 0) is 24.6 Å². The molecule has 1 N–H and O–H groups in total. The Balaban J connectivity index is 2.68. The number of anilines is 1. The number of rotatable bonds is 6. The summed E-state index contributed by atoms with van der Waals surface area (Å²) in [6.45, 7) is 2.07. The third-order valence-corrected chi connectivity index (χ3v) is 2.83. The predicted molar refractivity (Wildman–Crippen MR) is 73.8 cm³/mol. The van der Waals surface area contributed by atoms with E-state index in [9.17, 15) is 4.79 Å². The second kappa shape index (κ2) is 7.22. The van der Waals surface area contributed by atoms with Gasteiger partial charge >= 0.3 is 0 Å². The number of nitrogens with one attached hydrogen (secondary N) is 1. The zero-order chi connectivity index (χ0) is 12.7. The van der Waals surface area contributed by atoms with Crippen molar-refractivity contribution in [3.05, 3.63) is 23.8 Å². The molecule has 0 bridgehead atoms. The number of thiol groups is 1. The van der Waals surface area contributed by atoms with Crippen molar-refractivity contribution in [3.63, 3.8) is 0 Å². The molecule has 0 saturated carbocycles. The fraction of sp³-hybridized carbons (Fsp3) is 0.462. The van der Waals surface area contributed by atoms with Crippen LogP contribution in [0.5, 0.6) is 5.75 Å². The molecule has 1 aromatic carbocycles. The van der Waals surface area contributed by atoms with E-state index in [1.807, 2.05) is 18.2 Å². The van der Waals surface area contributed by atoms with E-state index < -0.39 is 0 Å². The van der Waals surface area contributed by atoms with Gasteiger partial charge in [0.1, 0.15) is 5.75 Å². The van der Waals surface area contributed by atoms with Crippen LogP contribution in [0.1, 0.15) is 31.7 Å². The van der Waals surface area contributed by atoms with E-state index in [1.54, 1.807) is 7.11 Å². The predicted octanol–water partition coefficient (Wildman–Crippen LogP) is 3.25. The summed E-state index contributed by atoms with van der Waals surface area (Å²) in [6.07, 6.45) is 2.51. The molecule has 0 aliphatic rings. The molecule has 0 atom stereocenters. The highest BCUT2D eigenvalue weighted by molar-refractivity contribution is 7.79. The van der Waals surface area contributed by atoms with Gasteiger partial charge in [-0.1, -0.05) is 13.3 Å². The topological polar surface area (TPSA) is 38.3 Å². The molecule has 3 nitrogen and oxygen atoms in total. The summed E-state index contributed by atoms with van der Waals surface area (Å²) in [5.41, 5.74) is 1.78. The van der Waals surface area contributed by atoms with Gasteiger partial charge < -0.3 is 10.1 Å². The van der Waals surface area contributed by atoms with Gasteiger partial charge in [-0.15, -0.1) is 0 Å². The monoisotopic (exact) mass is 253 g/mol. The van der Waals surface area contributed by atoms with E-state index in [0.717, 1.165) is 29.8 Å². The molecule has 94 valence electrons. The van der Waals surface area contributed by atoms with Crippen LogP contribution < -0.4 is 10.1 Å². The van der Waals surface area contributed by atoms with Crippen LogP contribution in [0.3, 0.4) is 0 Å². The second-order valence-corrected chi connectivity index (χ2v) is 4.15. The lowest BCUT2D eigenvalue weighted by atomic mass is 10.2. The normalized spacial score (nSPS) is 10.1. The van der Waals surface area contributed by atoms with Crippen molar-refractivity contribution in [1.29, 1.82) is 0 Å². The van der Waals surface area contributed by atoms with Gasteiger partial charge in [0.25, 0.3) is 0 Å². The zero-order valence-corrected chi connectivity index (χ0v) is 11.2. The van der Waals surface area contributed by atoms with Crippen LogP contribution in [0.2, 0.25) is 0 Å². The average Bonchev–Trinajstić information content (AvgIpc) is 2.36. The molecule has 1 aromatic rings. The molecule has 1 amide bonds. The molecule has 0 aromatic heterocycles. The smallest absolute Gasteiger partial charge is 0.224 e. The summed E-state index contributed by atoms with van der Waals surface area (Å²) < 4.78 is 5.20. The van der Waals surface area contributed by atoms with E-state index in [-0.39, 0.29) is 5.91 Å². The Labute approximate surface area is 108 Å². The van der Waals surface area contributed by atoms with Crippen molar-refractivity contribution in [2.75, 3.05) is 12.4 Å².